The summed E-state index contributed by atoms with van der Waals surface area (Å²) in [5.74, 6) is 0. The number of carbonyl (C=O) groups excluding carboxylic acids is 1. The number of aldehydes is 1. The molecule has 0 fully saturated rings. The van der Waals surface area contributed by atoms with Gasteiger partial charge in [0.05, 0.1) is 0 Å². The molecule has 0 rings (SSSR count). The minimum atomic E-state index is 0.602. The fraction of sp³-hybridized carbons (Fsp3) is 0.125. The highest BCUT2D eigenvalue weighted by molar-refractivity contribution is 5.79. The zero-order valence-corrected chi connectivity index (χ0v) is 5.55. The van der Waals surface area contributed by atoms with Crippen LogP contribution in [0.3, 0.4) is 0 Å². The van der Waals surface area contributed by atoms with Crippen LogP contribution >= 0.6 is 0 Å². The minimum absolute atomic E-state index is 0.602. The summed E-state index contributed by atoms with van der Waals surface area (Å²) in [7, 11) is 0. The monoisotopic (exact) mass is 122 g/mol. The van der Waals surface area contributed by atoms with Crippen LogP contribution in [0.25, 0.3) is 0 Å². The third-order valence-corrected chi connectivity index (χ3v) is 1.11. The average molecular weight is 122 g/mol. The molecule has 0 saturated carbocycles. The van der Waals surface area contributed by atoms with Gasteiger partial charge in [-0.25, -0.2) is 0 Å². The van der Waals surface area contributed by atoms with Crippen LogP contribution in [-0.2, 0) is 4.79 Å². The molecule has 1 heteroatoms. The van der Waals surface area contributed by atoms with Crippen LogP contribution in [0.1, 0.15) is 6.92 Å². The molecule has 0 aromatic rings. The van der Waals surface area contributed by atoms with Crippen molar-refractivity contribution >= 4 is 6.29 Å². The minimum Gasteiger partial charge on any atom is -0.298 e. The smallest absolute Gasteiger partial charge is 0.150 e. The Labute approximate surface area is 55.4 Å². The van der Waals surface area contributed by atoms with E-state index in [1.807, 2.05) is 6.92 Å². The van der Waals surface area contributed by atoms with E-state index >= 15 is 0 Å². The summed E-state index contributed by atoms with van der Waals surface area (Å²) in [6.07, 6.45) is 3.92. The molecule has 0 bridgehead atoms. The van der Waals surface area contributed by atoms with Crippen LogP contribution < -0.4 is 0 Å². The van der Waals surface area contributed by atoms with Crippen LogP contribution in [0.4, 0.5) is 0 Å². The second-order valence-corrected chi connectivity index (χ2v) is 1.66. The number of hydrogen-bond donors (Lipinski definition) is 0. The van der Waals surface area contributed by atoms with Crippen molar-refractivity contribution in [1.29, 1.82) is 0 Å². The van der Waals surface area contributed by atoms with Crippen LogP contribution in [0.15, 0.2) is 36.5 Å². The molecule has 0 spiro atoms. The van der Waals surface area contributed by atoms with Crippen molar-refractivity contribution in [3.8, 4) is 0 Å². The first-order valence-electron chi connectivity index (χ1n) is 2.67. The number of hydrogen-bond acceptors (Lipinski definition) is 1. The van der Waals surface area contributed by atoms with Gasteiger partial charge in [-0.1, -0.05) is 25.3 Å². The summed E-state index contributed by atoms with van der Waals surface area (Å²) in [5.41, 5.74) is 1.46. The third kappa shape index (κ3) is 2.08. The van der Waals surface area contributed by atoms with Gasteiger partial charge in [-0.05, 0) is 12.5 Å². The lowest BCUT2D eigenvalue weighted by Crippen LogP contribution is -1.81. The summed E-state index contributed by atoms with van der Waals surface area (Å²) in [4.78, 5) is 10.2. The van der Waals surface area contributed by atoms with Gasteiger partial charge in [0, 0.05) is 5.57 Å². The van der Waals surface area contributed by atoms with Gasteiger partial charge >= 0.3 is 0 Å². The van der Waals surface area contributed by atoms with Crippen molar-refractivity contribution in [2.75, 3.05) is 0 Å². The molecule has 48 valence electrons. The van der Waals surface area contributed by atoms with E-state index < -0.39 is 0 Å². The Balaban J connectivity index is 4.56. The summed E-state index contributed by atoms with van der Waals surface area (Å²) >= 11 is 0. The van der Waals surface area contributed by atoms with E-state index in [9.17, 15) is 4.79 Å². The Kier molecular flexibility index (Phi) is 3.37. The average Bonchev–Trinajstić information content (AvgIpc) is 1.90. The molecular weight excluding hydrogens is 112 g/mol. The first-order chi connectivity index (χ1) is 4.26. The zero-order chi connectivity index (χ0) is 7.28. The highest BCUT2D eigenvalue weighted by Gasteiger charge is 1.89. The second-order valence-electron chi connectivity index (χ2n) is 1.66. The van der Waals surface area contributed by atoms with E-state index in [4.69, 9.17) is 0 Å². The molecule has 0 aromatic heterocycles. The van der Waals surface area contributed by atoms with E-state index in [1.165, 1.54) is 6.08 Å². The predicted molar refractivity (Wildman–Crippen MR) is 39.2 cm³/mol. The molecule has 0 N–H and O–H groups in total. The Morgan fingerprint density at radius 3 is 2.00 bits per heavy atom. The fourth-order valence-electron chi connectivity index (χ4n) is 0.420. The van der Waals surface area contributed by atoms with Gasteiger partial charge in [0.15, 0.2) is 0 Å². The van der Waals surface area contributed by atoms with Crippen molar-refractivity contribution in [2.45, 2.75) is 6.92 Å². The maximum atomic E-state index is 10.2. The van der Waals surface area contributed by atoms with Crippen molar-refractivity contribution < 1.29 is 4.79 Å². The SMILES string of the molecule is C=C/C(C)=C(\C=C)C=O. The molecule has 9 heavy (non-hydrogen) atoms. The summed E-state index contributed by atoms with van der Waals surface area (Å²) in [6, 6.07) is 0. The molecule has 0 amide bonds. The van der Waals surface area contributed by atoms with E-state index in [-0.39, 0.29) is 0 Å². The van der Waals surface area contributed by atoms with Crippen LogP contribution in [0.5, 0.6) is 0 Å². The van der Waals surface area contributed by atoms with Crippen LogP contribution in [0.2, 0.25) is 0 Å². The van der Waals surface area contributed by atoms with Crippen molar-refractivity contribution in [3.05, 3.63) is 36.5 Å². The Hall–Kier alpha value is -1.11. The Morgan fingerprint density at radius 1 is 1.33 bits per heavy atom. The van der Waals surface area contributed by atoms with E-state index in [0.717, 1.165) is 11.9 Å². The Bertz CT molecular complexity index is 153. The normalized spacial score (nSPS) is 11.7. The van der Waals surface area contributed by atoms with E-state index in [0.29, 0.717) is 5.57 Å². The van der Waals surface area contributed by atoms with Gasteiger partial charge < -0.3 is 0 Å². The highest BCUT2D eigenvalue weighted by Crippen LogP contribution is 2.01. The lowest BCUT2D eigenvalue weighted by molar-refractivity contribution is -0.104. The van der Waals surface area contributed by atoms with E-state index in [1.54, 1.807) is 6.08 Å². The maximum absolute atomic E-state index is 10.2. The molecule has 0 radical (unpaired) electrons. The molecule has 0 heterocycles. The number of rotatable bonds is 3. The van der Waals surface area contributed by atoms with Gasteiger partial charge in [0.25, 0.3) is 0 Å². The lowest BCUT2D eigenvalue weighted by Gasteiger charge is -1.91. The van der Waals surface area contributed by atoms with Gasteiger partial charge in [0.1, 0.15) is 6.29 Å². The molecule has 0 aliphatic rings. The summed E-state index contributed by atoms with van der Waals surface area (Å²) < 4.78 is 0. The molecule has 0 aliphatic carbocycles. The van der Waals surface area contributed by atoms with Gasteiger partial charge in [0.2, 0.25) is 0 Å². The first kappa shape index (κ1) is 7.89. The predicted octanol–water partition coefficient (Wildman–Crippen LogP) is 1.87. The molecule has 0 unspecified atom stereocenters. The molecular formula is C8H10O. The lowest BCUT2D eigenvalue weighted by atomic mass is 10.1. The first-order valence-corrected chi connectivity index (χ1v) is 2.67. The standard InChI is InChI=1S/C8H10O/c1-4-7(3)8(5-2)6-9/h4-6H,1-2H2,3H3/b8-7+. The largest absolute Gasteiger partial charge is 0.298 e. The quantitative estimate of drug-likeness (QED) is 0.317. The number of carbonyl (C=O) groups is 1. The second kappa shape index (κ2) is 3.84. The molecule has 0 aliphatic heterocycles. The van der Waals surface area contributed by atoms with Gasteiger partial charge in [-0.3, -0.25) is 4.79 Å². The zero-order valence-electron chi connectivity index (χ0n) is 5.55. The van der Waals surface area contributed by atoms with Crippen LogP contribution in [-0.4, -0.2) is 6.29 Å². The Morgan fingerprint density at radius 2 is 1.89 bits per heavy atom. The highest BCUT2D eigenvalue weighted by atomic mass is 16.1. The molecule has 0 saturated heterocycles. The topological polar surface area (TPSA) is 17.1 Å². The summed E-state index contributed by atoms with van der Waals surface area (Å²) in [6.45, 7) is 8.79. The van der Waals surface area contributed by atoms with Crippen molar-refractivity contribution in [1.82, 2.24) is 0 Å². The summed E-state index contributed by atoms with van der Waals surface area (Å²) in [5, 5.41) is 0. The molecule has 0 aromatic carbocycles. The fourth-order valence-corrected chi connectivity index (χ4v) is 0.420. The molecule has 0 atom stereocenters. The van der Waals surface area contributed by atoms with Crippen molar-refractivity contribution in [2.24, 2.45) is 0 Å². The van der Waals surface area contributed by atoms with Crippen molar-refractivity contribution in [3.63, 3.8) is 0 Å². The third-order valence-electron chi connectivity index (χ3n) is 1.11. The molecule has 1 nitrogen and oxygen atoms in total. The van der Waals surface area contributed by atoms with Gasteiger partial charge in [-0.2, -0.15) is 0 Å². The number of allylic oxidation sites excluding steroid dienone is 4. The van der Waals surface area contributed by atoms with Crippen LogP contribution in [0, 0.1) is 0 Å². The van der Waals surface area contributed by atoms with Gasteiger partial charge in [-0.15, -0.1) is 0 Å². The maximum Gasteiger partial charge on any atom is 0.150 e. The van der Waals surface area contributed by atoms with E-state index in [2.05, 4.69) is 13.2 Å².